The lowest BCUT2D eigenvalue weighted by molar-refractivity contribution is -0.123. The first kappa shape index (κ1) is 26.9. The Morgan fingerprint density at radius 3 is 2.54 bits per heavy atom. The highest BCUT2D eigenvalue weighted by Crippen LogP contribution is 2.32. The maximum absolute atomic E-state index is 13.4. The Balaban J connectivity index is 1.34. The summed E-state index contributed by atoms with van der Waals surface area (Å²) in [5.74, 6) is 1.89. The molecule has 2 amide bonds. The summed E-state index contributed by atoms with van der Waals surface area (Å²) in [6.45, 7) is 7.03. The summed E-state index contributed by atoms with van der Waals surface area (Å²) in [5.41, 5.74) is 1.80. The van der Waals surface area contributed by atoms with Gasteiger partial charge in [0.25, 0.3) is 0 Å². The van der Waals surface area contributed by atoms with E-state index in [9.17, 15) is 9.59 Å². The molecule has 1 N–H and O–H groups in total. The van der Waals surface area contributed by atoms with Crippen LogP contribution in [0.3, 0.4) is 0 Å². The van der Waals surface area contributed by atoms with Crippen LogP contribution in [0.1, 0.15) is 51.9 Å². The van der Waals surface area contributed by atoms with Crippen LogP contribution in [0.5, 0.6) is 5.75 Å². The predicted molar refractivity (Wildman–Crippen MR) is 148 cm³/mol. The number of hydrogen-bond acceptors (Lipinski definition) is 6. The number of piperazine rings is 1. The fourth-order valence-electron chi connectivity index (χ4n) is 5.34. The van der Waals surface area contributed by atoms with Crippen LogP contribution in [0.2, 0.25) is 0 Å². The molecule has 1 aliphatic carbocycles. The number of carbonyl (C=O) groups is 2. The van der Waals surface area contributed by atoms with Gasteiger partial charge in [0.05, 0.1) is 12.8 Å². The van der Waals surface area contributed by atoms with E-state index in [1.165, 1.54) is 6.42 Å². The number of nitrogens with one attached hydrogen (secondary N) is 1. The minimum Gasteiger partial charge on any atom is -0.495 e. The number of anilines is 3. The number of nitrogens with zero attached hydrogens (tertiary/aromatic N) is 4. The second kappa shape index (κ2) is 13.4. The van der Waals surface area contributed by atoms with Gasteiger partial charge in [0.2, 0.25) is 11.8 Å². The van der Waals surface area contributed by atoms with Crippen molar-refractivity contribution < 1.29 is 14.3 Å². The van der Waals surface area contributed by atoms with Gasteiger partial charge in [0.1, 0.15) is 11.6 Å². The molecule has 1 aliphatic heterocycles. The van der Waals surface area contributed by atoms with Crippen LogP contribution in [0, 0.1) is 5.92 Å². The molecule has 0 spiro atoms. The molecular weight excluding hydrogens is 466 g/mol. The molecular formula is C29H41N5O3. The zero-order valence-corrected chi connectivity index (χ0v) is 22.3. The minimum atomic E-state index is 0.0210. The summed E-state index contributed by atoms with van der Waals surface area (Å²) in [4.78, 5) is 36.6. The van der Waals surface area contributed by atoms with E-state index < -0.39 is 0 Å². The van der Waals surface area contributed by atoms with Gasteiger partial charge in [-0.25, -0.2) is 4.98 Å². The van der Waals surface area contributed by atoms with Gasteiger partial charge < -0.3 is 15.0 Å². The lowest BCUT2D eigenvalue weighted by Gasteiger charge is -2.38. The molecule has 37 heavy (non-hydrogen) atoms. The van der Waals surface area contributed by atoms with Gasteiger partial charge in [-0.3, -0.25) is 19.4 Å². The van der Waals surface area contributed by atoms with E-state index in [2.05, 4.69) is 20.1 Å². The third-order valence-electron chi connectivity index (χ3n) is 7.44. The zero-order valence-electron chi connectivity index (χ0n) is 22.3. The smallest absolute Gasteiger partial charge is 0.231 e. The summed E-state index contributed by atoms with van der Waals surface area (Å²) in [5, 5.41) is 2.95. The van der Waals surface area contributed by atoms with Crippen LogP contribution in [0.4, 0.5) is 17.2 Å². The summed E-state index contributed by atoms with van der Waals surface area (Å²) >= 11 is 0. The van der Waals surface area contributed by atoms with Crippen LogP contribution in [0.15, 0.2) is 42.6 Å². The van der Waals surface area contributed by atoms with Gasteiger partial charge in [0, 0.05) is 69.6 Å². The van der Waals surface area contributed by atoms with Gasteiger partial charge in [-0.05, 0) is 43.5 Å². The average Bonchev–Trinajstić information content (AvgIpc) is 2.94. The van der Waals surface area contributed by atoms with Gasteiger partial charge >= 0.3 is 0 Å². The molecule has 2 aliphatic rings. The third kappa shape index (κ3) is 7.22. The zero-order chi connectivity index (χ0) is 26.0. The topological polar surface area (TPSA) is 78.0 Å². The summed E-state index contributed by atoms with van der Waals surface area (Å²) in [6, 6.07) is 11.7. The van der Waals surface area contributed by atoms with Crippen molar-refractivity contribution >= 4 is 29.0 Å². The number of carbonyl (C=O) groups excluding carboxylic acids is 2. The Kier molecular flexibility index (Phi) is 9.77. The second-order valence-electron chi connectivity index (χ2n) is 10.0. The molecule has 2 fully saturated rings. The molecule has 1 aromatic heterocycles. The van der Waals surface area contributed by atoms with Crippen molar-refractivity contribution in [2.24, 2.45) is 5.92 Å². The first-order valence-electron chi connectivity index (χ1n) is 13.8. The van der Waals surface area contributed by atoms with E-state index in [0.717, 1.165) is 87.8 Å². The van der Waals surface area contributed by atoms with E-state index >= 15 is 0 Å². The first-order chi connectivity index (χ1) is 18.1. The molecule has 8 nitrogen and oxygen atoms in total. The number of rotatable bonds is 10. The normalized spacial score (nSPS) is 16.9. The molecule has 4 rings (SSSR count). The Morgan fingerprint density at radius 1 is 1.08 bits per heavy atom. The van der Waals surface area contributed by atoms with Crippen LogP contribution < -0.4 is 19.9 Å². The van der Waals surface area contributed by atoms with E-state index in [0.29, 0.717) is 13.0 Å². The highest BCUT2D eigenvalue weighted by Gasteiger charge is 2.28. The van der Waals surface area contributed by atoms with Crippen molar-refractivity contribution in [2.45, 2.75) is 51.9 Å². The largest absolute Gasteiger partial charge is 0.495 e. The van der Waals surface area contributed by atoms with E-state index in [4.69, 9.17) is 4.74 Å². The van der Waals surface area contributed by atoms with Crippen molar-refractivity contribution in [2.75, 3.05) is 61.5 Å². The molecule has 2 heterocycles. The van der Waals surface area contributed by atoms with Crippen molar-refractivity contribution in [3.63, 3.8) is 0 Å². The molecule has 0 bridgehead atoms. The summed E-state index contributed by atoms with van der Waals surface area (Å²) in [7, 11) is 1.67. The third-order valence-corrected chi connectivity index (χ3v) is 7.44. The predicted octanol–water partition coefficient (Wildman–Crippen LogP) is 4.56. The monoisotopic (exact) mass is 507 g/mol. The van der Waals surface area contributed by atoms with Gasteiger partial charge in [-0.1, -0.05) is 32.3 Å². The molecule has 1 saturated heterocycles. The fourth-order valence-corrected chi connectivity index (χ4v) is 5.34. The summed E-state index contributed by atoms with van der Waals surface area (Å²) in [6.07, 6.45) is 8.60. The summed E-state index contributed by atoms with van der Waals surface area (Å²) < 4.78 is 5.66. The first-order valence-corrected chi connectivity index (χ1v) is 13.8. The Labute approximate surface area is 221 Å². The lowest BCUT2D eigenvalue weighted by Crippen LogP contribution is -2.50. The Bertz CT molecular complexity index is 1020. The lowest BCUT2D eigenvalue weighted by atomic mass is 9.88. The van der Waals surface area contributed by atoms with Crippen molar-refractivity contribution in [3.8, 4) is 5.75 Å². The highest BCUT2D eigenvalue weighted by atomic mass is 16.5. The Hall–Kier alpha value is -3.13. The molecule has 0 unspecified atom stereocenters. The number of ether oxygens (including phenoxy) is 1. The van der Waals surface area contributed by atoms with E-state index in [-0.39, 0.29) is 17.7 Å². The van der Waals surface area contributed by atoms with Crippen LogP contribution in [-0.2, 0) is 9.59 Å². The van der Waals surface area contributed by atoms with Crippen LogP contribution in [0.25, 0.3) is 0 Å². The number of pyridine rings is 1. The average molecular weight is 508 g/mol. The SMILES string of the molecule is CCCC(=O)Nc1ccc(N2CCN(CCN(C(=O)C3CCCCC3)c3ccccn3)CC2)c(OC)c1. The quantitative estimate of drug-likeness (QED) is 0.508. The van der Waals surface area contributed by atoms with Crippen molar-refractivity contribution in [1.82, 2.24) is 9.88 Å². The number of benzene rings is 1. The van der Waals surface area contributed by atoms with Crippen molar-refractivity contribution in [3.05, 3.63) is 42.6 Å². The standard InChI is InChI=1S/C29H41N5O3/c1-3-9-28(35)31-24-13-14-25(26(22-24)37-2)33-19-16-32(17-20-33)18-21-34(27-12-7-8-15-30-27)29(36)23-10-5-4-6-11-23/h7-8,12-15,22-23H,3-6,9-11,16-21H2,1-2H3,(H,31,35). The van der Waals surface area contributed by atoms with Gasteiger partial charge in [-0.15, -0.1) is 0 Å². The van der Waals surface area contributed by atoms with Crippen LogP contribution >= 0.6 is 0 Å². The molecule has 1 aromatic carbocycles. The number of aromatic nitrogens is 1. The maximum atomic E-state index is 13.4. The number of amides is 2. The second-order valence-corrected chi connectivity index (χ2v) is 10.0. The molecule has 0 radical (unpaired) electrons. The van der Waals surface area contributed by atoms with Crippen LogP contribution in [-0.4, -0.2) is 68.1 Å². The molecule has 0 atom stereocenters. The molecule has 2 aromatic rings. The number of methoxy groups -OCH3 is 1. The van der Waals surface area contributed by atoms with E-state index in [1.807, 2.05) is 48.2 Å². The highest BCUT2D eigenvalue weighted by molar-refractivity contribution is 5.94. The molecule has 8 heteroatoms. The van der Waals surface area contributed by atoms with E-state index in [1.54, 1.807) is 13.3 Å². The van der Waals surface area contributed by atoms with Gasteiger partial charge in [-0.2, -0.15) is 0 Å². The fraction of sp³-hybridized carbons (Fsp3) is 0.552. The number of hydrogen-bond donors (Lipinski definition) is 1. The van der Waals surface area contributed by atoms with Gasteiger partial charge in [0.15, 0.2) is 0 Å². The maximum Gasteiger partial charge on any atom is 0.231 e. The van der Waals surface area contributed by atoms with Crippen molar-refractivity contribution in [1.29, 1.82) is 0 Å². The molecule has 1 saturated carbocycles. The molecule has 200 valence electrons. The Morgan fingerprint density at radius 2 is 1.86 bits per heavy atom. The minimum absolute atomic E-state index is 0.0210.